The second kappa shape index (κ2) is 8.64. The molecule has 29 heavy (non-hydrogen) atoms. The predicted molar refractivity (Wildman–Crippen MR) is 120 cm³/mol. The molecule has 1 N–H and O–H groups in total. The highest BCUT2D eigenvalue weighted by Crippen LogP contribution is 2.31. The Hall–Kier alpha value is -2.89. The largest absolute Gasteiger partial charge is 0.491 e. The van der Waals surface area contributed by atoms with Crippen LogP contribution in [0.25, 0.3) is 20.8 Å². The maximum Gasteiger partial charge on any atom is 0.227 e. The fourth-order valence-corrected chi connectivity index (χ4v) is 4.15. The summed E-state index contributed by atoms with van der Waals surface area (Å²) in [7, 11) is 0. The summed E-state index contributed by atoms with van der Waals surface area (Å²) in [6.07, 6.45) is 0.240. The van der Waals surface area contributed by atoms with Crippen LogP contribution in [0.3, 0.4) is 0 Å². The number of thiazole rings is 1. The van der Waals surface area contributed by atoms with Crippen LogP contribution in [-0.4, -0.2) is 17.5 Å². The van der Waals surface area contributed by atoms with Crippen molar-refractivity contribution >= 4 is 44.7 Å². The van der Waals surface area contributed by atoms with Crippen LogP contribution < -0.4 is 10.1 Å². The zero-order chi connectivity index (χ0) is 20.2. The summed E-state index contributed by atoms with van der Waals surface area (Å²) in [6, 6.07) is 21.2. The molecule has 0 spiro atoms. The summed E-state index contributed by atoms with van der Waals surface area (Å²) in [6.45, 7) is 2.34. The summed E-state index contributed by atoms with van der Waals surface area (Å²) in [4.78, 5) is 16.9. The number of nitrogens with zero attached hydrogens (tertiary/aromatic N) is 1. The summed E-state index contributed by atoms with van der Waals surface area (Å²) < 4.78 is 6.74. The number of ether oxygens (including phenoxy) is 1. The van der Waals surface area contributed by atoms with Gasteiger partial charge in [0.05, 0.1) is 28.3 Å². The molecule has 0 atom stereocenters. The van der Waals surface area contributed by atoms with E-state index in [1.165, 1.54) is 10.3 Å². The van der Waals surface area contributed by atoms with Crippen molar-refractivity contribution in [3.8, 4) is 16.3 Å². The van der Waals surface area contributed by atoms with E-state index in [1.54, 1.807) is 23.5 Å². The molecule has 0 saturated carbocycles. The average Bonchev–Trinajstić information content (AvgIpc) is 3.13. The smallest absolute Gasteiger partial charge is 0.227 e. The highest BCUT2D eigenvalue weighted by atomic mass is 35.5. The van der Waals surface area contributed by atoms with E-state index >= 15 is 0 Å². The first kappa shape index (κ1) is 19.4. The van der Waals surface area contributed by atoms with Crippen LogP contribution >= 0.6 is 22.9 Å². The Balaban J connectivity index is 1.35. The van der Waals surface area contributed by atoms with E-state index in [4.69, 9.17) is 21.3 Å². The number of para-hydroxylation sites is 1. The maximum absolute atomic E-state index is 12.2. The van der Waals surface area contributed by atoms with Crippen molar-refractivity contribution in [3.63, 3.8) is 0 Å². The first-order chi connectivity index (χ1) is 14.1. The average molecular weight is 423 g/mol. The van der Waals surface area contributed by atoms with Crippen LogP contribution in [-0.2, 0) is 4.79 Å². The lowest BCUT2D eigenvalue weighted by molar-refractivity contribution is -0.116. The quantitative estimate of drug-likeness (QED) is 0.394. The molecular formula is C23H19ClN2O2S. The van der Waals surface area contributed by atoms with Crippen molar-refractivity contribution in [3.05, 3.63) is 77.3 Å². The number of aromatic nitrogens is 1. The summed E-state index contributed by atoms with van der Waals surface area (Å²) in [5.74, 6) is 0.470. The number of hydrogen-bond acceptors (Lipinski definition) is 4. The van der Waals surface area contributed by atoms with Crippen molar-refractivity contribution in [1.82, 2.24) is 4.98 Å². The van der Waals surface area contributed by atoms with E-state index in [1.807, 2.05) is 42.5 Å². The molecule has 4 rings (SSSR count). The van der Waals surface area contributed by atoms with E-state index in [9.17, 15) is 4.79 Å². The number of anilines is 1. The van der Waals surface area contributed by atoms with Gasteiger partial charge in [0.15, 0.2) is 0 Å². The van der Waals surface area contributed by atoms with Gasteiger partial charge in [0, 0.05) is 11.3 Å². The van der Waals surface area contributed by atoms with E-state index in [0.29, 0.717) is 10.8 Å². The lowest BCUT2D eigenvalue weighted by atomic mass is 10.2. The molecule has 4 aromatic rings. The minimum Gasteiger partial charge on any atom is -0.491 e. The van der Waals surface area contributed by atoms with Crippen molar-refractivity contribution in [2.45, 2.75) is 13.3 Å². The molecule has 0 saturated heterocycles. The molecule has 4 nitrogen and oxygen atoms in total. The minimum atomic E-state index is -0.111. The Morgan fingerprint density at radius 1 is 1.10 bits per heavy atom. The fraction of sp³-hybridized carbons (Fsp3) is 0.130. The minimum absolute atomic E-state index is 0.111. The third-order valence-electron chi connectivity index (χ3n) is 4.38. The number of amides is 1. The molecule has 6 heteroatoms. The van der Waals surface area contributed by atoms with Crippen molar-refractivity contribution < 1.29 is 9.53 Å². The Morgan fingerprint density at radius 3 is 2.69 bits per heavy atom. The van der Waals surface area contributed by atoms with Crippen LogP contribution in [0.2, 0.25) is 5.02 Å². The van der Waals surface area contributed by atoms with Gasteiger partial charge in [0.1, 0.15) is 10.8 Å². The molecule has 0 fully saturated rings. The number of hydrogen-bond donors (Lipinski definition) is 1. The molecular weight excluding hydrogens is 404 g/mol. The van der Waals surface area contributed by atoms with E-state index in [2.05, 4.69) is 24.4 Å². The number of benzene rings is 3. The summed E-state index contributed by atoms with van der Waals surface area (Å²) in [5.41, 5.74) is 4.01. The van der Waals surface area contributed by atoms with Gasteiger partial charge in [0.2, 0.25) is 5.91 Å². The number of aryl methyl sites for hydroxylation is 1. The Labute approximate surface area is 178 Å². The Bertz CT molecular complexity index is 1160. The monoisotopic (exact) mass is 422 g/mol. The normalized spacial score (nSPS) is 10.8. The van der Waals surface area contributed by atoms with E-state index in [0.717, 1.165) is 21.8 Å². The highest BCUT2D eigenvalue weighted by molar-refractivity contribution is 7.21. The lowest BCUT2D eigenvalue weighted by Gasteiger charge is -2.08. The van der Waals surface area contributed by atoms with Gasteiger partial charge in [-0.3, -0.25) is 4.79 Å². The third kappa shape index (κ3) is 4.75. The van der Waals surface area contributed by atoms with Gasteiger partial charge in [-0.05, 0) is 61.0 Å². The van der Waals surface area contributed by atoms with Crippen molar-refractivity contribution in [1.29, 1.82) is 0 Å². The SMILES string of the molecule is Cc1ccc2nc(-c3ccc(NC(=O)CCOc4ccccc4Cl)cc3)sc2c1. The van der Waals surface area contributed by atoms with E-state index < -0.39 is 0 Å². The molecule has 3 aromatic carbocycles. The second-order valence-electron chi connectivity index (χ2n) is 6.64. The predicted octanol–water partition coefficient (Wildman–Crippen LogP) is 6.33. The van der Waals surface area contributed by atoms with Gasteiger partial charge < -0.3 is 10.1 Å². The second-order valence-corrected chi connectivity index (χ2v) is 8.08. The lowest BCUT2D eigenvalue weighted by Crippen LogP contribution is -2.15. The zero-order valence-corrected chi connectivity index (χ0v) is 17.4. The number of carbonyl (C=O) groups is 1. The molecule has 0 aliphatic heterocycles. The van der Waals surface area contributed by atoms with Gasteiger partial charge >= 0.3 is 0 Å². The van der Waals surface area contributed by atoms with E-state index in [-0.39, 0.29) is 18.9 Å². The van der Waals surface area contributed by atoms with Crippen LogP contribution in [0, 0.1) is 6.92 Å². The van der Waals surface area contributed by atoms with Crippen LogP contribution in [0.1, 0.15) is 12.0 Å². The number of fused-ring (bicyclic) bond motifs is 1. The van der Waals surface area contributed by atoms with Crippen molar-refractivity contribution in [2.75, 3.05) is 11.9 Å². The number of nitrogens with one attached hydrogen (secondary N) is 1. The Kier molecular flexibility index (Phi) is 5.79. The van der Waals surface area contributed by atoms with Gasteiger partial charge in [-0.25, -0.2) is 4.98 Å². The van der Waals surface area contributed by atoms with Gasteiger partial charge in [-0.2, -0.15) is 0 Å². The molecule has 146 valence electrons. The summed E-state index contributed by atoms with van der Waals surface area (Å²) >= 11 is 7.71. The molecule has 0 aliphatic rings. The maximum atomic E-state index is 12.2. The van der Waals surface area contributed by atoms with Crippen LogP contribution in [0.4, 0.5) is 5.69 Å². The molecule has 1 heterocycles. The Morgan fingerprint density at radius 2 is 1.90 bits per heavy atom. The first-order valence-electron chi connectivity index (χ1n) is 9.23. The molecule has 0 aliphatic carbocycles. The highest BCUT2D eigenvalue weighted by Gasteiger charge is 2.08. The molecule has 1 aromatic heterocycles. The topological polar surface area (TPSA) is 51.2 Å². The molecule has 0 unspecified atom stereocenters. The van der Waals surface area contributed by atoms with Crippen LogP contribution in [0.15, 0.2) is 66.7 Å². The van der Waals surface area contributed by atoms with Crippen molar-refractivity contribution in [2.24, 2.45) is 0 Å². The number of halogens is 1. The molecule has 0 bridgehead atoms. The molecule has 0 radical (unpaired) electrons. The molecule has 1 amide bonds. The van der Waals surface area contributed by atoms with Gasteiger partial charge in [-0.15, -0.1) is 11.3 Å². The number of carbonyl (C=O) groups excluding carboxylic acids is 1. The third-order valence-corrected chi connectivity index (χ3v) is 5.76. The summed E-state index contributed by atoms with van der Waals surface area (Å²) in [5, 5.41) is 4.39. The first-order valence-corrected chi connectivity index (χ1v) is 10.4. The fourth-order valence-electron chi connectivity index (χ4n) is 2.89. The number of rotatable bonds is 6. The van der Waals surface area contributed by atoms with Gasteiger partial charge in [-0.1, -0.05) is 29.8 Å². The van der Waals surface area contributed by atoms with Gasteiger partial charge in [0.25, 0.3) is 0 Å². The standard InChI is InChI=1S/C23H19ClN2O2S/c1-15-6-11-19-21(14-15)29-23(26-19)16-7-9-17(10-8-16)25-22(27)12-13-28-20-5-3-2-4-18(20)24/h2-11,14H,12-13H2,1H3,(H,25,27). The van der Waals surface area contributed by atoms with Crippen LogP contribution in [0.5, 0.6) is 5.75 Å². The zero-order valence-electron chi connectivity index (χ0n) is 15.8.